The van der Waals surface area contributed by atoms with Gasteiger partial charge < -0.3 is 10.2 Å². The standard InChI is InChI=1S/C12H16ClFN4S/c1-17-4-6-18(7-5-17)16-12(19)15-9-2-3-10(13)11(14)8-9/h2-3,8H,4-7H2,1H3,(H2,15,16,19)/p+1. The van der Waals surface area contributed by atoms with Gasteiger partial charge in [0.2, 0.25) is 0 Å². The maximum Gasteiger partial charge on any atom is 0.185 e. The second-order valence-electron chi connectivity index (χ2n) is 4.64. The van der Waals surface area contributed by atoms with E-state index >= 15 is 0 Å². The van der Waals surface area contributed by atoms with Gasteiger partial charge in [0.1, 0.15) is 5.82 Å². The number of hydrogen-bond donors (Lipinski definition) is 3. The molecule has 1 heterocycles. The van der Waals surface area contributed by atoms with Gasteiger partial charge in [0.05, 0.1) is 38.2 Å². The zero-order valence-electron chi connectivity index (χ0n) is 10.7. The Kier molecular flexibility index (Phi) is 4.93. The number of quaternary nitrogens is 1. The summed E-state index contributed by atoms with van der Waals surface area (Å²) in [6, 6.07) is 4.51. The van der Waals surface area contributed by atoms with Crippen molar-refractivity contribution in [2.24, 2.45) is 0 Å². The van der Waals surface area contributed by atoms with Gasteiger partial charge in [-0.25, -0.2) is 9.40 Å². The third-order valence-corrected chi connectivity index (χ3v) is 3.55. The van der Waals surface area contributed by atoms with Crippen molar-refractivity contribution in [1.29, 1.82) is 0 Å². The SMILES string of the molecule is C[NH+]1CCN(NC(=S)Nc2ccc(Cl)c(F)c2)CC1. The van der Waals surface area contributed by atoms with Crippen LogP contribution < -0.4 is 15.6 Å². The van der Waals surface area contributed by atoms with Crippen molar-refractivity contribution in [2.45, 2.75) is 0 Å². The molecule has 0 spiro atoms. The first-order valence-electron chi connectivity index (χ1n) is 6.13. The lowest BCUT2D eigenvalue weighted by atomic mass is 10.3. The van der Waals surface area contributed by atoms with Crippen LogP contribution in [0, 0.1) is 5.82 Å². The molecule has 0 atom stereocenters. The summed E-state index contributed by atoms with van der Waals surface area (Å²) in [6.07, 6.45) is 0. The van der Waals surface area contributed by atoms with Crippen molar-refractivity contribution in [2.75, 3.05) is 38.5 Å². The number of nitrogens with one attached hydrogen (secondary N) is 3. The minimum atomic E-state index is -0.460. The van der Waals surface area contributed by atoms with E-state index in [0.29, 0.717) is 10.8 Å². The number of thiocarbonyl (C=S) groups is 1. The normalized spacial score (nSPS) is 17.2. The molecule has 7 heteroatoms. The fraction of sp³-hybridized carbons (Fsp3) is 0.417. The Hall–Kier alpha value is -0.950. The smallest absolute Gasteiger partial charge is 0.185 e. The second kappa shape index (κ2) is 6.47. The summed E-state index contributed by atoms with van der Waals surface area (Å²) in [5.41, 5.74) is 3.69. The number of hydrogen-bond acceptors (Lipinski definition) is 2. The first-order chi connectivity index (χ1) is 9.04. The molecule has 19 heavy (non-hydrogen) atoms. The molecule has 0 saturated carbocycles. The van der Waals surface area contributed by atoms with Crippen LogP contribution in [0.2, 0.25) is 5.02 Å². The molecule has 3 N–H and O–H groups in total. The Morgan fingerprint density at radius 1 is 1.42 bits per heavy atom. The second-order valence-corrected chi connectivity index (χ2v) is 5.45. The number of halogens is 2. The van der Waals surface area contributed by atoms with Gasteiger partial charge in [0.25, 0.3) is 0 Å². The molecule has 1 aromatic rings. The van der Waals surface area contributed by atoms with Gasteiger partial charge in [0.15, 0.2) is 5.11 Å². The van der Waals surface area contributed by atoms with Crippen molar-refractivity contribution in [3.05, 3.63) is 29.0 Å². The molecule has 1 aliphatic rings. The van der Waals surface area contributed by atoms with Crippen LogP contribution in [0.25, 0.3) is 0 Å². The van der Waals surface area contributed by atoms with Crippen molar-refractivity contribution in [3.8, 4) is 0 Å². The molecule has 1 aromatic carbocycles. The zero-order chi connectivity index (χ0) is 13.8. The van der Waals surface area contributed by atoms with Crippen LogP contribution in [0.4, 0.5) is 10.1 Å². The van der Waals surface area contributed by atoms with Crippen LogP contribution in [0.15, 0.2) is 18.2 Å². The summed E-state index contributed by atoms with van der Waals surface area (Å²) < 4.78 is 13.3. The molecule has 4 nitrogen and oxygen atoms in total. The van der Waals surface area contributed by atoms with E-state index in [1.165, 1.54) is 17.0 Å². The number of benzene rings is 1. The van der Waals surface area contributed by atoms with Crippen LogP contribution >= 0.6 is 23.8 Å². The molecule has 0 unspecified atom stereocenters. The summed E-state index contributed by atoms with van der Waals surface area (Å²) in [4.78, 5) is 1.51. The molecule has 1 fully saturated rings. The number of hydrazine groups is 1. The van der Waals surface area contributed by atoms with Gasteiger partial charge in [-0.2, -0.15) is 0 Å². The largest absolute Gasteiger partial charge is 0.335 e. The highest BCUT2D eigenvalue weighted by Crippen LogP contribution is 2.18. The summed E-state index contributed by atoms with van der Waals surface area (Å²) in [5, 5.41) is 5.57. The molecule has 0 aliphatic carbocycles. The minimum absolute atomic E-state index is 0.103. The van der Waals surface area contributed by atoms with Gasteiger partial charge >= 0.3 is 0 Å². The average Bonchev–Trinajstić information content (AvgIpc) is 2.37. The van der Waals surface area contributed by atoms with E-state index in [0.717, 1.165) is 26.2 Å². The molecule has 2 rings (SSSR count). The summed E-state index contributed by atoms with van der Waals surface area (Å²) in [7, 11) is 2.17. The van der Waals surface area contributed by atoms with Crippen LogP contribution in [0.1, 0.15) is 0 Å². The van der Waals surface area contributed by atoms with Gasteiger partial charge in [-0.3, -0.25) is 5.43 Å². The molecule has 0 bridgehead atoms. The molecule has 1 aliphatic heterocycles. The highest BCUT2D eigenvalue weighted by Gasteiger charge is 2.17. The fourth-order valence-electron chi connectivity index (χ4n) is 1.88. The first kappa shape index (κ1) is 14.5. The Morgan fingerprint density at radius 3 is 2.74 bits per heavy atom. The molecular weight excluding hydrogens is 287 g/mol. The number of likely N-dealkylation sites (N-methyl/N-ethyl adjacent to an activating group) is 1. The maximum absolute atomic E-state index is 13.3. The number of nitrogens with zero attached hydrogens (tertiary/aromatic N) is 1. The average molecular weight is 304 g/mol. The highest BCUT2D eigenvalue weighted by molar-refractivity contribution is 7.80. The molecule has 0 aromatic heterocycles. The monoisotopic (exact) mass is 303 g/mol. The van der Waals surface area contributed by atoms with Crippen molar-refractivity contribution in [1.82, 2.24) is 10.4 Å². The van der Waals surface area contributed by atoms with Crippen LogP contribution in [-0.2, 0) is 0 Å². The van der Waals surface area contributed by atoms with Crippen molar-refractivity contribution in [3.63, 3.8) is 0 Å². The van der Waals surface area contributed by atoms with Crippen molar-refractivity contribution >= 4 is 34.6 Å². The van der Waals surface area contributed by atoms with Crippen molar-refractivity contribution < 1.29 is 9.29 Å². The molecule has 1 saturated heterocycles. The van der Waals surface area contributed by atoms with E-state index in [4.69, 9.17) is 23.8 Å². The third-order valence-electron chi connectivity index (χ3n) is 3.05. The summed E-state index contributed by atoms with van der Waals surface area (Å²) in [6.45, 7) is 4.02. The summed E-state index contributed by atoms with van der Waals surface area (Å²) >= 11 is 10.8. The molecular formula is C12H17ClFN4S+. The number of rotatable bonds is 2. The van der Waals surface area contributed by atoms with E-state index in [1.807, 2.05) is 0 Å². The lowest BCUT2D eigenvalue weighted by molar-refractivity contribution is -0.884. The minimum Gasteiger partial charge on any atom is -0.335 e. The maximum atomic E-state index is 13.3. The van der Waals surface area contributed by atoms with Crippen LogP contribution in [-0.4, -0.2) is 43.3 Å². The Bertz CT molecular complexity index is 463. The lowest BCUT2D eigenvalue weighted by Gasteiger charge is -2.31. The first-order valence-corrected chi connectivity index (χ1v) is 6.92. The van der Waals surface area contributed by atoms with E-state index in [1.54, 1.807) is 6.07 Å². The topological polar surface area (TPSA) is 31.7 Å². The quantitative estimate of drug-likeness (QED) is 0.695. The van der Waals surface area contributed by atoms with Crippen LogP contribution in [0.5, 0.6) is 0 Å². The highest BCUT2D eigenvalue weighted by atomic mass is 35.5. The predicted molar refractivity (Wildman–Crippen MR) is 79.0 cm³/mol. The van der Waals surface area contributed by atoms with Gasteiger partial charge in [-0.1, -0.05) is 11.6 Å². The van der Waals surface area contributed by atoms with E-state index in [-0.39, 0.29) is 5.02 Å². The van der Waals surface area contributed by atoms with E-state index in [9.17, 15) is 4.39 Å². The van der Waals surface area contributed by atoms with Gasteiger partial charge in [-0.05, 0) is 30.4 Å². The fourth-order valence-corrected chi connectivity index (χ4v) is 2.24. The lowest BCUT2D eigenvalue weighted by Crippen LogP contribution is -3.12. The Balaban J connectivity index is 1.85. The number of piperazine rings is 1. The third kappa shape index (κ3) is 4.28. The predicted octanol–water partition coefficient (Wildman–Crippen LogP) is 0.511. The molecule has 104 valence electrons. The number of anilines is 1. The Labute approximate surface area is 122 Å². The van der Waals surface area contributed by atoms with Gasteiger partial charge in [0, 0.05) is 5.69 Å². The van der Waals surface area contributed by atoms with E-state index < -0.39 is 5.82 Å². The molecule has 0 amide bonds. The summed E-state index contributed by atoms with van der Waals surface area (Å²) in [5.74, 6) is -0.460. The zero-order valence-corrected chi connectivity index (χ0v) is 12.2. The van der Waals surface area contributed by atoms with E-state index in [2.05, 4.69) is 22.8 Å². The Morgan fingerprint density at radius 2 is 2.11 bits per heavy atom. The van der Waals surface area contributed by atoms with Gasteiger partial charge in [-0.15, -0.1) is 0 Å². The molecule has 0 radical (unpaired) electrons. The van der Waals surface area contributed by atoms with Crippen LogP contribution in [0.3, 0.4) is 0 Å².